The molecule has 1 aliphatic carbocycles. The fraction of sp³-hybridized carbons (Fsp3) is 0.333. The van der Waals surface area contributed by atoms with E-state index in [4.69, 9.17) is 0 Å². The Bertz CT molecular complexity index is 775. The topological polar surface area (TPSA) is 18.5 Å². The first-order valence-electron chi connectivity index (χ1n) is 7.83. The van der Waals surface area contributed by atoms with Crippen LogP contribution in [0.15, 0.2) is 48.5 Å². The van der Waals surface area contributed by atoms with Crippen LogP contribution in [-0.4, -0.2) is 23.6 Å². The SMILES string of the molecule is FC1(F)C(F)(F)C(F)(Oc2ccc(CBr)cc2)C1(F)Oc1ccc(CBr)cc1. The molecule has 0 saturated heterocycles. The van der Waals surface area contributed by atoms with Crippen molar-refractivity contribution in [3.8, 4) is 11.5 Å². The minimum atomic E-state index is -5.46. The highest BCUT2D eigenvalue weighted by molar-refractivity contribution is 9.08. The van der Waals surface area contributed by atoms with E-state index >= 15 is 0 Å². The molecule has 0 radical (unpaired) electrons. The van der Waals surface area contributed by atoms with Gasteiger partial charge in [0.1, 0.15) is 11.5 Å². The highest BCUT2D eigenvalue weighted by atomic mass is 79.9. The summed E-state index contributed by atoms with van der Waals surface area (Å²) in [6.45, 7) is 0. The average Bonchev–Trinajstić information content (AvgIpc) is 2.68. The summed E-state index contributed by atoms with van der Waals surface area (Å²) in [5.74, 6) is -21.5. The number of hydrogen-bond acceptors (Lipinski definition) is 2. The van der Waals surface area contributed by atoms with E-state index in [1.807, 2.05) is 0 Å². The van der Waals surface area contributed by atoms with Crippen LogP contribution < -0.4 is 9.47 Å². The summed E-state index contributed by atoms with van der Waals surface area (Å²) in [6.07, 6.45) is 0. The number of ether oxygens (including phenoxy) is 2. The van der Waals surface area contributed by atoms with Gasteiger partial charge in [0.25, 0.3) is 0 Å². The first-order valence-corrected chi connectivity index (χ1v) is 10.1. The molecule has 0 aliphatic heterocycles. The highest BCUT2D eigenvalue weighted by Gasteiger charge is 3.03. The van der Waals surface area contributed by atoms with Gasteiger partial charge in [-0.15, -0.1) is 0 Å². The zero-order chi connectivity index (χ0) is 20.8. The Morgan fingerprint density at radius 3 is 1.11 bits per heavy atom. The van der Waals surface area contributed by atoms with Gasteiger partial charge in [-0.2, -0.15) is 26.3 Å². The number of alkyl halides is 8. The summed E-state index contributed by atoms with van der Waals surface area (Å²) in [5, 5.41) is 0.811. The van der Waals surface area contributed by atoms with Gasteiger partial charge < -0.3 is 9.47 Å². The molecule has 10 heteroatoms. The summed E-state index contributed by atoms with van der Waals surface area (Å²) < 4.78 is 94.4. The molecular formula is C18H12Br2F6O2. The van der Waals surface area contributed by atoms with Crippen LogP contribution in [0.1, 0.15) is 11.1 Å². The maximum Gasteiger partial charge on any atom is 0.395 e. The quantitative estimate of drug-likeness (QED) is 0.310. The Labute approximate surface area is 173 Å². The lowest BCUT2D eigenvalue weighted by atomic mass is 9.76. The number of hydrogen-bond donors (Lipinski definition) is 0. The van der Waals surface area contributed by atoms with E-state index < -0.39 is 35.1 Å². The van der Waals surface area contributed by atoms with Crippen LogP contribution >= 0.6 is 31.9 Å². The number of benzene rings is 2. The van der Waals surface area contributed by atoms with Gasteiger partial charge in [0.15, 0.2) is 0 Å². The third-order valence-corrected chi connectivity index (χ3v) is 5.58. The smallest absolute Gasteiger partial charge is 0.395 e. The molecule has 0 bridgehead atoms. The van der Waals surface area contributed by atoms with Crippen molar-refractivity contribution in [2.75, 3.05) is 0 Å². The fourth-order valence-corrected chi connectivity index (χ4v) is 3.37. The zero-order valence-corrected chi connectivity index (χ0v) is 17.0. The Morgan fingerprint density at radius 2 is 0.857 bits per heavy atom. The second-order valence-electron chi connectivity index (χ2n) is 6.10. The van der Waals surface area contributed by atoms with E-state index in [9.17, 15) is 26.3 Å². The first-order chi connectivity index (χ1) is 13.0. The predicted octanol–water partition coefficient (Wildman–Crippen LogP) is 6.55. The number of halogens is 8. The van der Waals surface area contributed by atoms with Gasteiger partial charge in [0.05, 0.1) is 0 Å². The van der Waals surface area contributed by atoms with Crippen molar-refractivity contribution in [3.63, 3.8) is 0 Å². The van der Waals surface area contributed by atoms with Crippen molar-refractivity contribution in [2.45, 2.75) is 34.2 Å². The maximum absolute atomic E-state index is 15.0. The van der Waals surface area contributed by atoms with Crippen LogP contribution in [-0.2, 0) is 10.7 Å². The molecule has 1 saturated carbocycles. The van der Waals surface area contributed by atoms with Crippen molar-refractivity contribution in [1.82, 2.24) is 0 Å². The van der Waals surface area contributed by atoms with E-state index in [1.165, 1.54) is 24.3 Å². The van der Waals surface area contributed by atoms with Crippen LogP contribution in [0.4, 0.5) is 26.3 Å². The minimum absolute atomic E-state index is 0.406. The highest BCUT2D eigenvalue weighted by Crippen LogP contribution is 2.68. The summed E-state index contributed by atoms with van der Waals surface area (Å²) in [4.78, 5) is 0. The second-order valence-corrected chi connectivity index (χ2v) is 7.22. The van der Waals surface area contributed by atoms with Gasteiger partial charge >= 0.3 is 23.6 Å². The van der Waals surface area contributed by atoms with Gasteiger partial charge in [-0.1, -0.05) is 56.1 Å². The van der Waals surface area contributed by atoms with E-state index in [0.29, 0.717) is 21.8 Å². The van der Waals surface area contributed by atoms with Gasteiger partial charge in [0.2, 0.25) is 0 Å². The van der Waals surface area contributed by atoms with E-state index in [1.54, 1.807) is 0 Å². The monoisotopic (exact) mass is 532 g/mol. The zero-order valence-electron chi connectivity index (χ0n) is 13.9. The Morgan fingerprint density at radius 1 is 0.571 bits per heavy atom. The van der Waals surface area contributed by atoms with Gasteiger partial charge in [0, 0.05) is 10.7 Å². The van der Waals surface area contributed by atoms with Gasteiger partial charge in [-0.3, -0.25) is 0 Å². The van der Waals surface area contributed by atoms with Crippen molar-refractivity contribution < 1.29 is 35.8 Å². The van der Waals surface area contributed by atoms with Crippen LogP contribution in [0.2, 0.25) is 0 Å². The molecule has 0 spiro atoms. The molecule has 1 fully saturated rings. The van der Waals surface area contributed by atoms with Crippen LogP contribution in [0.3, 0.4) is 0 Å². The van der Waals surface area contributed by atoms with Crippen LogP contribution in [0, 0.1) is 0 Å². The largest absolute Gasteiger partial charge is 0.447 e. The third-order valence-electron chi connectivity index (χ3n) is 4.29. The molecule has 2 nitrogen and oxygen atoms in total. The van der Waals surface area contributed by atoms with E-state index in [2.05, 4.69) is 41.3 Å². The predicted molar refractivity (Wildman–Crippen MR) is 97.0 cm³/mol. The number of rotatable bonds is 6. The van der Waals surface area contributed by atoms with Gasteiger partial charge in [-0.05, 0) is 35.4 Å². The van der Waals surface area contributed by atoms with Crippen LogP contribution in [0.25, 0.3) is 0 Å². The normalized spacial score (nSPS) is 27.7. The summed E-state index contributed by atoms with van der Waals surface area (Å²) >= 11 is 6.30. The van der Waals surface area contributed by atoms with Crippen molar-refractivity contribution in [1.29, 1.82) is 0 Å². The van der Waals surface area contributed by atoms with Crippen molar-refractivity contribution in [2.24, 2.45) is 0 Å². The summed E-state index contributed by atoms with van der Waals surface area (Å²) in [6, 6.07) is 9.77. The lowest BCUT2D eigenvalue weighted by Crippen LogP contribution is -2.89. The minimum Gasteiger partial charge on any atom is -0.447 e. The van der Waals surface area contributed by atoms with Gasteiger partial charge in [-0.25, -0.2) is 0 Å². The average molecular weight is 534 g/mol. The standard InChI is InChI=1S/C18H12Br2F6O2/c19-9-11-1-5-13(6-2-11)27-17(25)15(21,22)16(23,24)18(17,26)28-14-7-3-12(10-20)4-8-14/h1-8H,9-10H2. The molecule has 3 rings (SSSR count). The Balaban J connectivity index is 1.95. The fourth-order valence-electron chi connectivity index (χ4n) is 2.62. The van der Waals surface area contributed by atoms with Crippen molar-refractivity contribution in [3.05, 3.63) is 59.7 Å². The van der Waals surface area contributed by atoms with E-state index in [0.717, 1.165) is 24.3 Å². The molecule has 0 aromatic heterocycles. The lowest BCUT2D eigenvalue weighted by Gasteiger charge is -2.55. The molecule has 28 heavy (non-hydrogen) atoms. The molecule has 0 heterocycles. The molecule has 2 atom stereocenters. The van der Waals surface area contributed by atoms with Crippen molar-refractivity contribution >= 4 is 31.9 Å². The Kier molecular flexibility index (Phi) is 5.42. The molecule has 2 aromatic carbocycles. The lowest BCUT2D eigenvalue weighted by molar-refractivity contribution is -0.527. The molecule has 0 amide bonds. The molecule has 2 aromatic rings. The molecule has 0 N–H and O–H groups in total. The molecule has 2 unspecified atom stereocenters. The molecular weight excluding hydrogens is 522 g/mol. The summed E-state index contributed by atoms with van der Waals surface area (Å²) in [7, 11) is 0. The Hall–Kier alpha value is -1.42. The third kappa shape index (κ3) is 2.91. The molecule has 1 aliphatic rings. The summed E-state index contributed by atoms with van der Waals surface area (Å²) in [5.41, 5.74) is 1.36. The maximum atomic E-state index is 15.0. The van der Waals surface area contributed by atoms with E-state index in [-0.39, 0.29) is 0 Å². The second kappa shape index (κ2) is 7.12. The van der Waals surface area contributed by atoms with Crippen LogP contribution in [0.5, 0.6) is 11.5 Å². The first kappa shape index (κ1) is 21.3. The molecule has 152 valence electrons.